The number of likely N-dealkylation sites (tertiary alicyclic amines) is 2. The molecule has 8 heterocycles. The molecule has 3 aromatic carbocycles. The van der Waals surface area contributed by atoms with Gasteiger partial charge in [0.15, 0.2) is 5.82 Å². The van der Waals surface area contributed by atoms with Gasteiger partial charge >= 0.3 is 6.01 Å². The van der Waals surface area contributed by atoms with Crippen LogP contribution in [0.4, 0.5) is 14.6 Å². The highest BCUT2D eigenvalue weighted by Gasteiger charge is 2.46. The molecule has 0 radical (unpaired) electrons. The van der Waals surface area contributed by atoms with E-state index in [1.54, 1.807) is 18.3 Å². The van der Waals surface area contributed by atoms with Gasteiger partial charge in [-0.3, -0.25) is 24.6 Å². The molecule has 6 fully saturated rings. The largest absolute Gasteiger partial charge is 0.508 e. The molecule has 2 N–H and O–H groups in total. The molecule has 378 valence electrons. The molecule has 5 saturated heterocycles. The third kappa shape index (κ3) is 8.94. The molecule has 3 aromatic heterocycles. The van der Waals surface area contributed by atoms with Gasteiger partial charge in [-0.1, -0.05) is 25.1 Å². The number of halogens is 2. The van der Waals surface area contributed by atoms with Crippen LogP contribution in [-0.4, -0.2) is 123 Å². The number of rotatable bonds is 13. The molecule has 72 heavy (non-hydrogen) atoms. The van der Waals surface area contributed by atoms with Gasteiger partial charge in [-0.2, -0.15) is 15.1 Å². The van der Waals surface area contributed by atoms with Crippen LogP contribution in [0.1, 0.15) is 113 Å². The number of amides is 2. The molecule has 1 aliphatic carbocycles. The number of benzene rings is 3. The van der Waals surface area contributed by atoms with Crippen molar-refractivity contribution in [3.05, 3.63) is 77.1 Å². The van der Waals surface area contributed by atoms with Crippen LogP contribution in [0.5, 0.6) is 11.8 Å². The first-order valence-corrected chi connectivity index (χ1v) is 26.5. The Morgan fingerprint density at radius 3 is 2.47 bits per heavy atom. The molecule has 2 atom stereocenters. The summed E-state index contributed by atoms with van der Waals surface area (Å²) in [6, 6.07) is 12.8. The van der Waals surface area contributed by atoms with E-state index in [1.807, 2.05) is 18.7 Å². The summed E-state index contributed by atoms with van der Waals surface area (Å²) in [5.41, 5.74) is 3.71. The number of ether oxygens (including phenoxy) is 2. The van der Waals surface area contributed by atoms with Crippen molar-refractivity contribution in [2.24, 2.45) is 18.4 Å². The molecule has 1 spiro atoms. The third-order valence-electron chi connectivity index (χ3n) is 17.3. The number of phenolic OH excluding ortho intramolecular Hbond substituents is 1. The predicted molar refractivity (Wildman–Crippen MR) is 271 cm³/mol. The second-order valence-electron chi connectivity index (χ2n) is 22.0. The van der Waals surface area contributed by atoms with Gasteiger partial charge in [0.2, 0.25) is 11.8 Å². The minimum Gasteiger partial charge on any atom is -0.508 e. The normalized spacial score (nSPS) is 23.3. The predicted octanol–water partition coefficient (Wildman–Crippen LogP) is 8.70. The molecule has 2 unspecified atom stereocenters. The van der Waals surface area contributed by atoms with Gasteiger partial charge in [-0.15, -0.1) is 0 Å². The minimum atomic E-state index is -0.664. The average molecular weight is 982 g/mol. The summed E-state index contributed by atoms with van der Waals surface area (Å²) in [5.74, 6) is -0.197. The number of fused-ring (bicyclic) bond motifs is 3. The van der Waals surface area contributed by atoms with E-state index in [-0.39, 0.29) is 51.6 Å². The fourth-order valence-electron chi connectivity index (χ4n) is 12.8. The van der Waals surface area contributed by atoms with Gasteiger partial charge in [-0.05, 0) is 161 Å². The van der Waals surface area contributed by atoms with E-state index < -0.39 is 11.7 Å². The maximum absolute atomic E-state index is 17.2. The van der Waals surface area contributed by atoms with Crippen LogP contribution in [0.15, 0.2) is 48.7 Å². The van der Waals surface area contributed by atoms with Gasteiger partial charge in [-0.25, -0.2) is 8.78 Å². The Balaban J connectivity index is 0.678. The van der Waals surface area contributed by atoms with Crippen molar-refractivity contribution in [2.45, 2.75) is 108 Å². The van der Waals surface area contributed by atoms with Crippen molar-refractivity contribution in [3.8, 4) is 23.0 Å². The zero-order valence-electron chi connectivity index (χ0n) is 41.5. The number of hydrogen-bond acceptors (Lipinski definition) is 12. The molecule has 6 aromatic rings. The fraction of sp³-hybridized carbons (Fsp3) is 0.536. The van der Waals surface area contributed by atoms with Crippen molar-refractivity contribution in [3.63, 3.8) is 0 Å². The Hall–Kier alpha value is -5.84. The summed E-state index contributed by atoms with van der Waals surface area (Å²) in [6.07, 6.45) is 13.6. The zero-order valence-corrected chi connectivity index (χ0v) is 41.5. The van der Waals surface area contributed by atoms with Crippen molar-refractivity contribution in [1.29, 1.82) is 0 Å². The number of piperidine rings is 4. The van der Waals surface area contributed by atoms with Crippen LogP contribution in [0.3, 0.4) is 0 Å². The maximum Gasteiger partial charge on any atom is 0.319 e. The highest BCUT2D eigenvalue weighted by Crippen LogP contribution is 2.48. The molecule has 16 heteroatoms. The van der Waals surface area contributed by atoms with Gasteiger partial charge in [0.05, 0.1) is 41.3 Å². The summed E-state index contributed by atoms with van der Waals surface area (Å²) < 4.78 is 47.0. The smallest absolute Gasteiger partial charge is 0.319 e. The summed E-state index contributed by atoms with van der Waals surface area (Å²) in [7, 11) is 1.94. The number of nitrogens with zero attached hydrogens (tertiary/aromatic N) is 8. The lowest BCUT2D eigenvalue weighted by atomic mass is 9.86. The van der Waals surface area contributed by atoms with E-state index in [0.29, 0.717) is 77.4 Å². The number of aromatic nitrogens is 5. The number of nitrogens with one attached hydrogen (secondary N) is 1. The van der Waals surface area contributed by atoms with Gasteiger partial charge in [0.1, 0.15) is 28.6 Å². The van der Waals surface area contributed by atoms with Crippen molar-refractivity contribution < 1.29 is 33.0 Å². The number of aromatic hydroxyl groups is 1. The molecule has 14 nitrogen and oxygen atoms in total. The average Bonchev–Trinajstić information content (AvgIpc) is 4.07. The van der Waals surface area contributed by atoms with Crippen LogP contribution >= 0.6 is 0 Å². The summed E-state index contributed by atoms with van der Waals surface area (Å²) in [5, 5.41) is 20.6. The van der Waals surface area contributed by atoms with E-state index in [4.69, 9.17) is 24.5 Å². The van der Waals surface area contributed by atoms with Crippen LogP contribution < -0.4 is 15.0 Å². The SMILES string of the molecule is CCc1c(F)ccc2cc(O)cc(-c3ncc4c(N5CCCC6(CCO6)C5)nc(OCC5(CN6CCC(CCN7CCC(c8ccc9c(C%10CCC(=O)NC%10=O)nn(C)c9c8)CC7)CC6)CC5)nc4c3F)c12. The molecule has 5 aliphatic heterocycles. The monoisotopic (exact) mass is 982 g/mol. The molecule has 2 amide bonds. The number of anilines is 1. The van der Waals surface area contributed by atoms with Crippen molar-refractivity contribution >= 4 is 50.2 Å². The Labute approximate surface area is 418 Å². The van der Waals surface area contributed by atoms with Crippen LogP contribution in [0.25, 0.3) is 43.8 Å². The first-order valence-electron chi connectivity index (χ1n) is 26.5. The minimum absolute atomic E-state index is 0.00914. The number of aryl methyl sites for hydroxylation is 2. The molecular formula is C56H65F2N9O5. The Morgan fingerprint density at radius 1 is 0.917 bits per heavy atom. The zero-order chi connectivity index (χ0) is 49.3. The van der Waals surface area contributed by atoms with Gasteiger partial charge < -0.3 is 29.3 Å². The first kappa shape index (κ1) is 47.2. The van der Waals surface area contributed by atoms with Crippen molar-refractivity contribution in [2.75, 3.05) is 70.5 Å². The fourth-order valence-corrected chi connectivity index (χ4v) is 12.8. The Kier molecular flexibility index (Phi) is 12.4. The lowest BCUT2D eigenvalue weighted by Gasteiger charge is -2.48. The third-order valence-corrected chi connectivity index (χ3v) is 17.3. The quantitative estimate of drug-likeness (QED) is 0.107. The van der Waals surface area contributed by atoms with E-state index in [1.165, 1.54) is 37.0 Å². The number of pyridine rings is 1. The van der Waals surface area contributed by atoms with Crippen molar-refractivity contribution in [1.82, 2.24) is 39.8 Å². The van der Waals surface area contributed by atoms with E-state index in [2.05, 4.69) is 43.2 Å². The highest BCUT2D eigenvalue weighted by atomic mass is 19.1. The summed E-state index contributed by atoms with van der Waals surface area (Å²) in [4.78, 5) is 46.2. The van der Waals surface area contributed by atoms with E-state index >= 15 is 8.78 Å². The lowest BCUT2D eigenvalue weighted by molar-refractivity contribution is -0.151. The van der Waals surface area contributed by atoms with E-state index in [0.717, 1.165) is 114 Å². The molecular weight excluding hydrogens is 917 g/mol. The summed E-state index contributed by atoms with van der Waals surface area (Å²) >= 11 is 0. The van der Waals surface area contributed by atoms with Crippen LogP contribution in [-0.2, 0) is 27.8 Å². The number of carbonyl (C=O) groups is 2. The molecule has 12 rings (SSSR count). The molecule has 6 aliphatic rings. The van der Waals surface area contributed by atoms with Gasteiger partial charge in [0, 0.05) is 62.1 Å². The topological polar surface area (TPSA) is 151 Å². The number of hydrogen-bond donors (Lipinski definition) is 2. The van der Waals surface area contributed by atoms with Crippen LogP contribution in [0.2, 0.25) is 0 Å². The summed E-state index contributed by atoms with van der Waals surface area (Å²) in [6.45, 7) is 10.8. The van der Waals surface area contributed by atoms with Crippen LogP contribution in [0, 0.1) is 23.0 Å². The molecule has 1 saturated carbocycles. The standard InChI is InChI=1S/C56H65F2N9O5/c1-3-39-44(57)9-6-37-27-38(68)29-42(47(37)39)50-48(58)51-43(30-59-50)52(67-20-4-16-56(32-67)19-26-72-56)62-54(61-51)71-33-55(17-18-55)31-66-22-12-34(13-23-66)11-21-65-24-14-35(15-25-65)36-5-7-40-45(28-36)64(2)63-49(40)41-8-10-46(69)60-53(41)70/h5-7,9,27-30,34-35,41,68H,3-4,8,10-26,31-33H2,1-2H3,(H,60,69,70). The first-order chi connectivity index (χ1) is 34.9. The Bertz CT molecular complexity index is 3080. The Morgan fingerprint density at radius 2 is 1.72 bits per heavy atom. The molecule has 0 bridgehead atoms. The second kappa shape index (κ2) is 18.9. The number of phenols is 1. The van der Waals surface area contributed by atoms with Gasteiger partial charge in [0.25, 0.3) is 0 Å². The number of imide groups is 1. The number of carbonyl (C=O) groups excluding carboxylic acids is 2. The van der Waals surface area contributed by atoms with E-state index in [9.17, 15) is 14.7 Å². The highest BCUT2D eigenvalue weighted by molar-refractivity contribution is 6.03. The lowest BCUT2D eigenvalue weighted by Crippen LogP contribution is -2.56. The maximum atomic E-state index is 17.2. The second-order valence-corrected chi connectivity index (χ2v) is 22.0.